The van der Waals surface area contributed by atoms with Gasteiger partial charge in [-0.3, -0.25) is 4.90 Å². The van der Waals surface area contributed by atoms with Crippen molar-refractivity contribution < 1.29 is 0 Å². The van der Waals surface area contributed by atoms with Crippen LogP contribution in [0.2, 0.25) is 0 Å². The van der Waals surface area contributed by atoms with Crippen LogP contribution in [0.15, 0.2) is 47.4 Å². The quantitative estimate of drug-likeness (QED) is 0.726. The summed E-state index contributed by atoms with van der Waals surface area (Å²) in [6.45, 7) is 12.2. The van der Waals surface area contributed by atoms with Crippen LogP contribution >= 0.6 is 11.8 Å². The predicted molar refractivity (Wildman–Crippen MR) is 106 cm³/mol. The van der Waals surface area contributed by atoms with E-state index in [-0.39, 0.29) is 0 Å². The van der Waals surface area contributed by atoms with Crippen molar-refractivity contribution in [3.63, 3.8) is 0 Å². The number of piperazine rings is 1. The molecule has 3 rings (SSSR count). The highest BCUT2D eigenvalue weighted by molar-refractivity contribution is 7.99. The Hall–Kier alpha value is -1.45. The first kappa shape index (κ1) is 17.4. The smallest absolute Gasteiger partial charge is 0.0396 e. The zero-order chi connectivity index (χ0) is 16.9. The fourth-order valence-corrected chi connectivity index (χ4v) is 4.08. The van der Waals surface area contributed by atoms with Crippen LogP contribution in [0.4, 0.5) is 5.69 Å². The van der Waals surface area contributed by atoms with Crippen molar-refractivity contribution in [2.24, 2.45) is 0 Å². The molecular formula is C21H28N2S. The van der Waals surface area contributed by atoms with Gasteiger partial charge in [-0.15, -0.1) is 11.8 Å². The number of hydrogen-bond donors (Lipinski definition) is 0. The van der Waals surface area contributed by atoms with Crippen LogP contribution < -0.4 is 4.90 Å². The highest BCUT2D eigenvalue weighted by atomic mass is 32.2. The van der Waals surface area contributed by atoms with Gasteiger partial charge in [0.2, 0.25) is 0 Å². The van der Waals surface area contributed by atoms with Gasteiger partial charge in [0.25, 0.3) is 0 Å². The van der Waals surface area contributed by atoms with E-state index in [0.717, 1.165) is 38.5 Å². The Balaban J connectivity index is 1.55. The summed E-state index contributed by atoms with van der Waals surface area (Å²) in [7, 11) is 0. The van der Waals surface area contributed by atoms with E-state index in [9.17, 15) is 0 Å². The molecule has 3 heteroatoms. The molecule has 0 radical (unpaired) electrons. The Morgan fingerprint density at radius 1 is 0.917 bits per heavy atom. The van der Waals surface area contributed by atoms with E-state index in [1.165, 1.54) is 27.3 Å². The molecule has 1 aliphatic heterocycles. The fourth-order valence-electron chi connectivity index (χ4n) is 3.42. The van der Waals surface area contributed by atoms with E-state index in [1.54, 1.807) is 0 Å². The molecule has 0 aromatic heterocycles. The van der Waals surface area contributed by atoms with Gasteiger partial charge < -0.3 is 4.90 Å². The zero-order valence-electron chi connectivity index (χ0n) is 15.1. The second-order valence-electron chi connectivity index (χ2n) is 6.63. The molecule has 0 saturated carbocycles. The third-order valence-corrected chi connectivity index (χ3v) is 5.60. The molecule has 2 aromatic rings. The molecule has 1 saturated heterocycles. The molecule has 0 atom stereocenters. The van der Waals surface area contributed by atoms with Crippen LogP contribution in [0, 0.1) is 13.8 Å². The highest BCUT2D eigenvalue weighted by Crippen LogP contribution is 2.23. The number of hydrogen-bond acceptors (Lipinski definition) is 3. The minimum absolute atomic E-state index is 1.07. The largest absolute Gasteiger partial charge is 0.369 e. The summed E-state index contributed by atoms with van der Waals surface area (Å²) < 4.78 is 0. The van der Waals surface area contributed by atoms with E-state index in [2.05, 4.69) is 73.0 Å². The second-order valence-corrected chi connectivity index (χ2v) is 7.97. The maximum absolute atomic E-state index is 2.57. The summed E-state index contributed by atoms with van der Waals surface area (Å²) in [6, 6.07) is 15.9. The maximum atomic E-state index is 2.57. The molecule has 1 aliphatic rings. The molecule has 24 heavy (non-hydrogen) atoms. The molecule has 1 fully saturated rings. The summed E-state index contributed by atoms with van der Waals surface area (Å²) in [4.78, 5) is 6.48. The Morgan fingerprint density at radius 2 is 1.62 bits per heavy atom. The van der Waals surface area contributed by atoms with Gasteiger partial charge in [-0.2, -0.15) is 0 Å². The molecule has 0 aliphatic carbocycles. The normalized spacial score (nSPS) is 15.7. The maximum Gasteiger partial charge on any atom is 0.0396 e. The van der Waals surface area contributed by atoms with Gasteiger partial charge in [0, 0.05) is 43.3 Å². The molecule has 2 aromatic carbocycles. The summed E-state index contributed by atoms with van der Waals surface area (Å²) in [6.07, 6.45) is 0. The van der Waals surface area contributed by atoms with Crippen molar-refractivity contribution in [1.82, 2.24) is 4.90 Å². The van der Waals surface area contributed by atoms with Crippen molar-refractivity contribution in [2.45, 2.75) is 32.2 Å². The van der Waals surface area contributed by atoms with Gasteiger partial charge in [-0.05, 0) is 48.9 Å². The molecule has 0 spiro atoms. The van der Waals surface area contributed by atoms with Gasteiger partial charge in [0.05, 0.1) is 0 Å². The first-order valence-electron chi connectivity index (χ1n) is 8.92. The lowest BCUT2D eigenvalue weighted by molar-refractivity contribution is 0.250. The minimum atomic E-state index is 1.07. The second kappa shape index (κ2) is 8.09. The molecule has 2 nitrogen and oxygen atoms in total. The molecular weight excluding hydrogens is 312 g/mol. The fraction of sp³-hybridized carbons (Fsp3) is 0.429. The van der Waals surface area contributed by atoms with Crippen LogP contribution in [-0.4, -0.2) is 36.8 Å². The van der Waals surface area contributed by atoms with Crippen molar-refractivity contribution >= 4 is 17.4 Å². The van der Waals surface area contributed by atoms with E-state index in [1.807, 2.05) is 11.8 Å². The first-order chi connectivity index (χ1) is 11.7. The van der Waals surface area contributed by atoms with Gasteiger partial charge >= 0.3 is 0 Å². The zero-order valence-corrected chi connectivity index (χ0v) is 15.9. The summed E-state index contributed by atoms with van der Waals surface area (Å²) >= 11 is 1.91. The van der Waals surface area contributed by atoms with Gasteiger partial charge in [0.1, 0.15) is 0 Å². The number of thioether (sulfide) groups is 1. The number of rotatable bonds is 5. The summed E-state index contributed by atoms with van der Waals surface area (Å²) in [5.41, 5.74) is 5.57. The SMILES string of the molecule is CCSc1ccc(CN2CCN(c3ccc(C)cc3C)CC2)cc1. The van der Waals surface area contributed by atoms with Crippen molar-refractivity contribution in [3.05, 3.63) is 59.2 Å². The number of aryl methyl sites for hydroxylation is 2. The average molecular weight is 341 g/mol. The van der Waals surface area contributed by atoms with E-state index < -0.39 is 0 Å². The third kappa shape index (κ3) is 4.34. The molecule has 0 amide bonds. The molecule has 0 bridgehead atoms. The Labute approximate surface area is 150 Å². The summed E-state index contributed by atoms with van der Waals surface area (Å²) in [5, 5.41) is 0. The van der Waals surface area contributed by atoms with Gasteiger partial charge in [-0.1, -0.05) is 36.8 Å². The highest BCUT2D eigenvalue weighted by Gasteiger charge is 2.18. The average Bonchev–Trinajstić information content (AvgIpc) is 2.58. The van der Waals surface area contributed by atoms with Gasteiger partial charge in [0.15, 0.2) is 0 Å². The van der Waals surface area contributed by atoms with Crippen LogP contribution in [0.5, 0.6) is 0 Å². The Morgan fingerprint density at radius 3 is 2.25 bits per heavy atom. The van der Waals surface area contributed by atoms with Crippen molar-refractivity contribution in [3.8, 4) is 0 Å². The van der Waals surface area contributed by atoms with E-state index >= 15 is 0 Å². The first-order valence-corrected chi connectivity index (χ1v) is 9.90. The van der Waals surface area contributed by atoms with Crippen molar-refractivity contribution in [2.75, 3.05) is 36.8 Å². The number of benzene rings is 2. The molecule has 1 heterocycles. The van der Waals surface area contributed by atoms with Crippen LogP contribution in [0.25, 0.3) is 0 Å². The lowest BCUT2D eigenvalue weighted by atomic mass is 10.1. The third-order valence-electron chi connectivity index (χ3n) is 4.71. The van der Waals surface area contributed by atoms with Crippen molar-refractivity contribution in [1.29, 1.82) is 0 Å². The standard InChI is InChI=1S/C21H28N2S/c1-4-24-20-8-6-19(7-9-20)16-22-11-13-23(14-12-22)21-10-5-17(2)15-18(21)3/h5-10,15H,4,11-14,16H2,1-3H3. The Kier molecular flexibility index (Phi) is 5.85. The number of nitrogens with zero attached hydrogens (tertiary/aromatic N) is 2. The Bertz CT molecular complexity index is 658. The minimum Gasteiger partial charge on any atom is -0.369 e. The number of anilines is 1. The monoisotopic (exact) mass is 340 g/mol. The lowest BCUT2D eigenvalue weighted by Gasteiger charge is -2.37. The van der Waals surface area contributed by atoms with Crippen LogP contribution in [0.3, 0.4) is 0 Å². The molecule has 128 valence electrons. The van der Waals surface area contributed by atoms with Crippen LogP contribution in [-0.2, 0) is 6.54 Å². The van der Waals surface area contributed by atoms with Crippen LogP contribution in [0.1, 0.15) is 23.6 Å². The topological polar surface area (TPSA) is 6.48 Å². The molecule has 0 unspecified atom stereocenters. The lowest BCUT2D eigenvalue weighted by Crippen LogP contribution is -2.46. The molecule has 0 N–H and O–H groups in total. The van der Waals surface area contributed by atoms with Gasteiger partial charge in [-0.25, -0.2) is 0 Å². The van der Waals surface area contributed by atoms with E-state index in [4.69, 9.17) is 0 Å². The summed E-state index contributed by atoms with van der Waals surface area (Å²) in [5.74, 6) is 1.14. The predicted octanol–water partition coefficient (Wildman–Crippen LogP) is 4.74. The van der Waals surface area contributed by atoms with E-state index in [0.29, 0.717) is 0 Å².